The van der Waals surface area contributed by atoms with Gasteiger partial charge in [0.15, 0.2) is 5.60 Å². The van der Waals surface area contributed by atoms with Crippen molar-refractivity contribution in [3.8, 4) is 0 Å². The van der Waals surface area contributed by atoms with Crippen LogP contribution in [0.2, 0.25) is 5.02 Å². The average molecular weight is 365 g/mol. The number of amides is 1. The summed E-state index contributed by atoms with van der Waals surface area (Å²) in [6.07, 6.45) is 3.54. The maximum atomic E-state index is 13.2. The fraction of sp³-hybridized carbons (Fsp3) is 0.143. The number of para-hydroxylation sites is 1. The van der Waals surface area contributed by atoms with E-state index in [-0.39, 0.29) is 12.3 Å². The molecule has 5 heteroatoms. The molecule has 1 aliphatic rings. The number of anilines is 1. The highest BCUT2D eigenvalue weighted by Crippen LogP contribution is 2.42. The minimum absolute atomic E-state index is 0.211. The molecule has 0 aliphatic carbocycles. The number of aliphatic hydroxyl groups is 1. The van der Waals surface area contributed by atoms with Crippen LogP contribution < -0.4 is 4.90 Å². The van der Waals surface area contributed by atoms with E-state index < -0.39 is 5.60 Å². The number of aromatic nitrogens is 1. The summed E-state index contributed by atoms with van der Waals surface area (Å²) in [6.45, 7) is 0.381. The lowest BCUT2D eigenvalue weighted by atomic mass is 9.89. The van der Waals surface area contributed by atoms with Gasteiger partial charge >= 0.3 is 0 Å². The molecule has 0 saturated heterocycles. The topological polar surface area (TPSA) is 53.4 Å². The third-order valence-electron chi connectivity index (χ3n) is 4.70. The molecule has 0 unspecified atom stereocenters. The highest BCUT2D eigenvalue weighted by molar-refractivity contribution is 6.30. The number of carbonyl (C=O) groups is 1. The van der Waals surface area contributed by atoms with Crippen LogP contribution >= 0.6 is 11.6 Å². The van der Waals surface area contributed by atoms with Gasteiger partial charge < -0.3 is 10.0 Å². The Morgan fingerprint density at radius 1 is 0.962 bits per heavy atom. The first kappa shape index (κ1) is 16.8. The second kappa shape index (κ2) is 6.56. The summed E-state index contributed by atoms with van der Waals surface area (Å²) >= 11 is 5.95. The molecule has 1 amide bonds. The molecule has 4 nitrogen and oxygen atoms in total. The van der Waals surface area contributed by atoms with Gasteiger partial charge in [0.25, 0.3) is 5.91 Å². The van der Waals surface area contributed by atoms with Gasteiger partial charge in [-0.05, 0) is 41.5 Å². The van der Waals surface area contributed by atoms with Gasteiger partial charge in [-0.3, -0.25) is 9.78 Å². The largest absolute Gasteiger partial charge is 0.375 e. The van der Waals surface area contributed by atoms with Crippen LogP contribution in [0, 0.1) is 0 Å². The number of hydrogen-bond acceptors (Lipinski definition) is 3. The van der Waals surface area contributed by atoms with Crippen LogP contribution in [0.4, 0.5) is 5.69 Å². The van der Waals surface area contributed by atoms with Crippen LogP contribution in [0.25, 0.3) is 0 Å². The van der Waals surface area contributed by atoms with Crippen molar-refractivity contribution < 1.29 is 9.90 Å². The monoisotopic (exact) mass is 364 g/mol. The molecule has 1 aromatic heterocycles. The number of benzene rings is 2. The van der Waals surface area contributed by atoms with Crippen LogP contribution in [0.3, 0.4) is 0 Å². The SMILES string of the molecule is O=C1N(Cc2ccc(Cl)cc2)c2ccccc2[C@]1(O)Cc1ccncc1. The summed E-state index contributed by atoms with van der Waals surface area (Å²) in [6, 6.07) is 18.4. The Kier molecular flexibility index (Phi) is 4.23. The molecule has 1 atom stereocenters. The van der Waals surface area contributed by atoms with Gasteiger partial charge in [-0.15, -0.1) is 0 Å². The smallest absolute Gasteiger partial charge is 0.264 e. The number of fused-ring (bicyclic) bond motifs is 1. The lowest BCUT2D eigenvalue weighted by molar-refractivity contribution is -0.136. The second-order valence-electron chi connectivity index (χ2n) is 6.43. The molecule has 0 fully saturated rings. The number of nitrogens with zero attached hydrogens (tertiary/aromatic N) is 2. The van der Waals surface area contributed by atoms with Gasteiger partial charge in [-0.2, -0.15) is 0 Å². The van der Waals surface area contributed by atoms with E-state index in [2.05, 4.69) is 4.98 Å². The Hall–Kier alpha value is -2.69. The third kappa shape index (κ3) is 2.87. The van der Waals surface area contributed by atoms with Gasteiger partial charge in [0, 0.05) is 29.4 Å². The molecule has 130 valence electrons. The number of pyridine rings is 1. The lowest BCUT2D eigenvalue weighted by Crippen LogP contribution is -2.41. The highest BCUT2D eigenvalue weighted by Gasteiger charge is 2.49. The van der Waals surface area contributed by atoms with Crippen molar-refractivity contribution in [3.63, 3.8) is 0 Å². The summed E-state index contributed by atoms with van der Waals surface area (Å²) in [4.78, 5) is 18.8. The van der Waals surface area contributed by atoms with Crippen molar-refractivity contribution in [2.75, 3.05) is 4.90 Å². The molecule has 2 aromatic carbocycles. The summed E-state index contributed by atoms with van der Waals surface area (Å²) in [7, 11) is 0. The minimum Gasteiger partial charge on any atom is -0.375 e. The van der Waals surface area contributed by atoms with Gasteiger partial charge in [-0.1, -0.05) is 41.9 Å². The van der Waals surface area contributed by atoms with E-state index in [0.29, 0.717) is 17.1 Å². The quantitative estimate of drug-likeness (QED) is 0.767. The van der Waals surface area contributed by atoms with Gasteiger partial charge in [-0.25, -0.2) is 0 Å². The molecule has 0 radical (unpaired) electrons. The number of hydrogen-bond donors (Lipinski definition) is 1. The molecule has 0 bridgehead atoms. The van der Waals surface area contributed by atoms with Crippen molar-refractivity contribution in [1.82, 2.24) is 4.98 Å². The van der Waals surface area contributed by atoms with Crippen LogP contribution in [-0.4, -0.2) is 16.0 Å². The molecular formula is C21H17ClN2O2. The first-order valence-electron chi connectivity index (χ1n) is 8.35. The summed E-state index contributed by atoms with van der Waals surface area (Å²) < 4.78 is 0. The predicted octanol–water partition coefficient (Wildman–Crippen LogP) is 3.71. The molecule has 1 aliphatic heterocycles. The van der Waals surface area contributed by atoms with E-state index in [9.17, 15) is 9.90 Å². The zero-order valence-electron chi connectivity index (χ0n) is 14.0. The summed E-state index contributed by atoms with van der Waals surface area (Å²) in [5, 5.41) is 12.0. The number of rotatable bonds is 4. The zero-order chi connectivity index (χ0) is 18.1. The van der Waals surface area contributed by atoms with Crippen molar-refractivity contribution in [1.29, 1.82) is 0 Å². The predicted molar refractivity (Wildman–Crippen MR) is 101 cm³/mol. The van der Waals surface area contributed by atoms with Crippen LogP contribution in [0.15, 0.2) is 73.1 Å². The Morgan fingerprint density at radius 2 is 1.65 bits per heavy atom. The standard InChI is InChI=1S/C21H17ClN2O2/c22-17-7-5-16(6-8-17)14-24-19-4-2-1-3-18(19)21(26,20(24)25)13-15-9-11-23-12-10-15/h1-12,26H,13-14H2/t21-/m1/s1. The molecule has 1 N–H and O–H groups in total. The number of carbonyl (C=O) groups excluding carboxylic acids is 1. The van der Waals surface area contributed by atoms with Crippen LogP contribution in [-0.2, 0) is 23.4 Å². The van der Waals surface area contributed by atoms with Crippen molar-refractivity contribution in [2.24, 2.45) is 0 Å². The Morgan fingerprint density at radius 3 is 2.38 bits per heavy atom. The molecule has 2 heterocycles. The van der Waals surface area contributed by atoms with E-state index in [0.717, 1.165) is 16.8 Å². The fourth-order valence-corrected chi connectivity index (χ4v) is 3.53. The molecule has 0 saturated carbocycles. The van der Waals surface area contributed by atoms with E-state index in [1.807, 2.05) is 48.5 Å². The van der Waals surface area contributed by atoms with Crippen molar-refractivity contribution in [2.45, 2.75) is 18.6 Å². The first-order chi connectivity index (χ1) is 12.6. The molecule has 0 spiro atoms. The third-order valence-corrected chi connectivity index (χ3v) is 4.95. The van der Waals surface area contributed by atoms with Crippen molar-refractivity contribution >= 4 is 23.2 Å². The number of halogens is 1. The second-order valence-corrected chi connectivity index (χ2v) is 6.86. The molecular weight excluding hydrogens is 348 g/mol. The maximum Gasteiger partial charge on any atom is 0.264 e. The molecule has 3 aromatic rings. The Bertz CT molecular complexity index is 944. The van der Waals surface area contributed by atoms with E-state index in [4.69, 9.17) is 11.6 Å². The average Bonchev–Trinajstić information content (AvgIpc) is 2.87. The van der Waals surface area contributed by atoms with E-state index in [1.165, 1.54) is 0 Å². The van der Waals surface area contributed by atoms with Crippen LogP contribution in [0.1, 0.15) is 16.7 Å². The lowest BCUT2D eigenvalue weighted by Gasteiger charge is -2.23. The van der Waals surface area contributed by atoms with Crippen LogP contribution in [0.5, 0.6) is 0 Å². The minimum atomic E-state index is -1.58. The van der Waals surface area contributed by atoms with Gasteiger partial charge in [0.1, 0.15) is 0 Å². The first-order valence-corrected chi connectivity index (χ1v) is 8.73. The van der Waals surface area contributed by atoms with Gasteiger partial charge in [0.05, 0.1) is 12.2 Å². The van der Waals surface area contributed by atoms with E-state index >= 15 is 0 Å². The summed E-state index contributed by atoms with van der Waals surface area (Å²) in [5.74, 6) is -0.314. The Labute approximate surface area is 156 Å². The van der Waals surface area contributed by atoms with Crippen molar-refractivity contribution in [3.05, 3.63) is 94.8 Å². The molecule has 26 heavy (non-hydrogen) atoms. The summed E-state index contributed by atoms with van der Waals surface area (Å²) in [5.41, 5.74) is 1.61. The molecule has 4 rings (SSSR count). The van der Waals surface area contributed by atoms with E-state index in [1.54, 1.807) is 29.4 Å². The zero-order valence-corrected chi connectivity index (χ0v) is 14.7. The Balaban J connectivity index is 1.71. The fourth-order valence-electron chi connectivity index (χ4n) is 3.40. The normalized spacial score (nSPS) is 18.8. The maximum absolute atomic E-state index is 13.2. The highest BCUT2D eigenvalue weighted by atomic mass is 35.5. The van der Waals surface area contributed by atoms with Gasteiger partial charge in [0.2, 0.25) is 0 Å².